The molecule has 0 aliphatic rings. The van der Waals surface area contributed by atoms with Gasteiger partial charge in [0.2, 0.25) is 5.91 Å². The van der Waals surface area contributed by atoms with E-state index in [2.05, 4.69) is 0 Å². The van der Waals surface area contributed by atoms with Gasteiger partial charge in [-0.05, 0) is 0 Å². The van der Waals surface area contributed by atoms with Crippen molar-refractivity contribution in [2.75, 3.05) is 0 Å². The fraction of sp³-hybridized carbons (Fsp3) is 0.750. The normalized spacial score (nSPS) is 10.9. The molecule has 0 bridgehead atoms. The Labute approximate surface area is 47.1 Å². The summed E-state index contributed by atoms with van der Waals surface area (Å²) in [6.45, 7) is 1.52. The van der Waals surface area contributed by atoms with Crippen molar-refractivity contribution in [2.24, 2.45) is 0 Å². The van der Waals surface area contributed by atoms with Crippen LogP contribution in [0.4, 0.5) is 0 Å². The van der Waals surface area contributed by atoms with Crippen LogP contribution in [0.1, 0.15) is 13.3 Å². The first-order valence-corrected chi connectivity index (χ1v) is 2.21. The van der Waals surface area contributed by atoms with Crippen LogP contribution in [0.25, 0.3) is 0 Å². The first-order chi connectivity index (χ1) is 3.62. The second kappa shape index (κ2) is 2.64. The number of rotatable bonds is 3. The fourth-order valence-corrected chi connectivity index (χ4v) is 0.170. The van der Waals surface area contributed by atoms with Crippen LogP contribution in [-0.4, -0.2) is 22.5 Å². The minimum Gasteiger partial charge on any atom is -0.349 e. The van der Waals surface area contributed by atoms with Gasteiger partial charge < -0.3 is 10.2 Å². The summed E-state index contributed by atoms with van der Waals surface area (Å²) in [7, 11) is 0. The molecule has 0 aliphatic heterocycles. The van der Waals surface area contributed by atoms with Crippen LogP contribution in [0.5, 0.6) is 0 Å². The van der Waals surface area contributed by atoms with E-state index in [-0.39, 0.29) is 6.42 Å². The second-order valence-electron chi connectivity index (χ2n) is 1.40. The Morgan fingerprint density at radius 3 is 2.38 bits per heavy atom. The van der Waals surface area contributed by atoms with E-state index < -0.39 is 5.91 Å². The monoisotopic (exact) mass is 118 g/mol. The highest BCUT2D eigenvalue weighted by molar-refractivity contribution is 5.47. The predicted octanol–water partition coefficient (Wildman–Crippen LogP) is -1.31. The topological polar surface area (TPSA) is 69.6 Å². The Balaban J connectivity index is 3.53. The Hall–Kier alpha value is -0.610. The SMILES string of the molecule is CCC(O)(O)N[C]=O. The van der Waals surface area contributed by atoms with Crippen molar-refractivity contribution in [3.63, 3.8) is 0 Å². The fourth-order valence-electron chi connectivity index (χ4n) is 0.170. The van der Waals surface area contributed by atoms with Crippen molar-refractivity contribution in [3.8, 4) is 0 Å². The molecule has 0 fully saturated rings. The molecule has 8 heavy (non-hydrogen) atoms. The van der Waals surface area contributed by atoms with Crippen LogP contribution in [0.2, 0.25) is 0 Å². The molecule has 0 spiro atoms. The molecule has 0 heterocycles. The smallest absolute Gasteiger partial charge is 0.313 e. The Kier molecular flexibility index (Phi) is 2.44. The molecule has 4 nitrogen and oxygen atoms in total. The number of hydrogen-bond acceptors (Lipinski definition) is 3. The van der Waals surface area contributed by atoms with E-state index in [4.69, 9.17) is 10.2 Å². The van der Waals surface area contributed by atoms with Gasteiger partial charge in [-0.15, -0.1) is 0 Å². The van der Waals surface area contributed by atoms with Gasteiger partial charge in [0, 0.05) is 6.42 Å². The zero-order valence-electron chi connectivity index (χ0n) is 4.51. The summed E-state index contributed by atoms with van der Waals surface area (Å²) in [6, 6.07) is 0. The molecule has 1 amide bonds. The lowest BCUT2D eigenvalue weighted by molar-refractivity contribution is -0.173. The summed E-state index contributed by atoms with van der Waals surface area (Å²) in [5.74, 6) is -2.08. The van der Waals surface area contributed by atoms with Gasteiger partial charge >= 0.3 is 6.41 Å². The third kappa shape index (κ3) is 2.54. The molecule has 0 rings (SSSR count). The van der Waals surface area contributed by atoms with Gasteiger partial charge in [-0.2, -0.15) is 0 Å². The van der Waals surface area contributed by atoms with Gasteiger partial charge in [0.1, 0.15) is 0 Å². The van der Waals surface area contributed by atoms with E-state index >= 15 is 0 Å². The minimum absolute atomic E-state index is 0.0439. The highest BCUT2D eigenvalue weighted by atomic mass is 16.5. The predicted molar refractivity (Wildman–Crippen MR) is 26.3 cm³/mol. The van der Waals surface area contributed by atoms with Crippen molar-refractivity contribution < 1.29 is 15.0 Å². The summed E-state index contributed by atoms with van der Waals surface area (Å²) in [6.07, 6.45) is 1.20. The van der Waals surface area contributed by atoms with Crippen LogP contribution < -0.4 is 5.32 Å². The number of carbonyl (C=O) groups excluding carboxylic acids is 1. The lowest BCUT2D eigenvalue weighted by Gasteiger charge is -2.16. The van der Waals surface area contributed by atoms with Gasteiger partial charge in [0.25, 0.3) is 0 Å². The highest BCUT2D eigenvalue weighted by Crippen LogP contribution is 1.95. The number of hydrogen-bond donors (Lipinski definition) is 3. The van der Waals surface area contributed by atoms with Crippen molar-refractivity contribution in [1.29, 1.82) is 0 Å². The number of amides is 1. The van der Waals surface area contributed by atoms with Crippen LogP contribution in [0, 0.1) is 0 Å². The molecule has 0 saturated carbocycles. The number of aliphatic hydroxyl groups is 2. The molecule has 0 saturated heterocycles. The summed E-state index contributed by atoms with van der Waals surface area (Å²) >= 11 is 0. The largest absolute Gasteiger partial charge is 0.349 e. The van der Waals surface area contributed by atoms with Crippen molar-refractivity contribution in [2.45, 2.75) is 19.3 Å². The molecule has 47 valence electrons. The van der Waals surface area contributed by atoms with Crippen LogP contribution >= 0.6 is 0 Å². The molecule has 1 radical (unpaired) electrons. The van der Waals surface area contributed by atoms with Crippen LogP contribution in [0.3, 0.4) is 0 Å². The van der Waals surface area contributed by atoms with Crippen LogP contribution in [0.15, 0.2) is 0 Å². The second-order valence-corrected chi connectivity index (χ2v) is 1.40. The minimum atomic E-state index is -2.08. The molecular weight excluding hydrogens is 110 g/mol. The summed E-state index contributed by atoms with van der Waals surface area (Å²) in [4.78, 5) is 9.42. The molecular formula is C4H8NO3. The van der Waals surface area contributed by atoms with Gasteiger partial charge in [-0.25, -0.2) is 0 Å². The third-order valence-electron chi connectivity index (χ3n) is 0.744. The van der Waals surface area contributed by atoms with Crippen LogP contribution in [-0.2, 0) is 4.79 Å². The van der Waals surface area contributed by atoms with Gasteiger partial charge in [-0.1, -0.05) is 6.92 Å². The molecule has 0 aromatic carbocycles. The molecule has 0 atom stereocenters. The molecule has 0 aliphatic carbocycles. The third-order valence-corrected chi connectivity index (χ3v) is 0.744. The maximum absolute atomic E-state index is 9.42. The van der Waals surface area contributed by atoms with E-state index in [0.717, 1.165) is 6.41 Å². The summed E-state index contributed by atoms with van der Waals surface area (Å²) in [5.41, 5.74) is 0. The average Bonchev–Trinajstić information content (AvgIpc) is 1.67. The van der Waals surface area contributed by atoms with E-state index in [1.54, 1.807) is 5.32 Å². The zero-order chi connectivity index (χ0) is 6.62. The highest BCUT2D eigenvalue weighted by Gasteiger charge is 2.17. The molecule has 0 unspecified atom stereocenters. The average molecular weight is 118 g/mol. The van der Waals surface area contributed by atoms with Crippen molar-refractivity contribution >= 4 is 6.41 Å². The first-order valence-electron chi connectivity index (χ1n) is 2.21. The first kappa shape index (κ1) is 7.39. The molecule has 4 heteroatoms. The quantitative estimate of drug-likeness (QED) is 0.318. The lowest BCUT2D eigenvalue weighted by Crippen LogP contribution is -2.43. The van der Waals surface area contributed by atoms with Crippen molar-refractivity contribution in [1.82, 2.24) is 5.32 Å². The van der Waals surface area contributed by atoms with Crippen molar-refractivity contribution in [3.05, 3.63) is 0 Å². The molecule has 0 aromatic heterocycles. The molecule has 0 aromatic rings. The summed E-state index contributed by atoms with van der Waals surface area (Å²) < 4.78 is 0. The van der Waals surface area contributed by atoms with E-state index in [9.17, 15) is 4.79 Å². The van der Waals surface area contributed by atoms with Gasteiger partial charge in [0.15, 0.2) is 0 Å². The standard InChI is InChI=1S/C4H8NO3/c1-2-4(7,8)5-3-6/h7-8H,2H2,1H3,(H,5,6). The Morgan fingerprint density at radius 1 is 1.75 bits per heavy atom. The molecule has 3 N–H and O–H groups in total. The van der Waals surface area contributed by atoms with E-state index in [0.29, 0.717) is 0 Å². The van der Waals surface area contributed by atoms with E-state index in [1.165, 1.54) is 6.92 Å². The Bertz CT molecular complexity index is 81.4. The summed E-state index contributed by atoms with van der Waals surface area (Å²) in [5, 5.41) is 18.7. The van der Waals surface area contributed by atoms with E-state index in [1.807, 2.05) is 0 Å². The van der Waals surface area contributed by atoms with Gasteiger partial charge in [0.05, 0.1) is 0 Å². The maximum Gasteiger partial charge on any atom is 0.313 e. The zero-order valence-corrected chi connectivity index (χ0v) is 4.51. The maximum atomic E-state index is 9.42. The number of nitrogens with one attached hydrogen (secondary N) is 1. The van der Waals surface area contributed by atoms with Gasteiger partial charge in [-0.3, -0.25) is 10.1 Å². The Morgan fingerprint density at radius 2 is 2.25 bits per heavy atom. The lowest BCUT2D eigenvalue weighted by atomic mass is 10.4.